The first kappa shape index (κ1) is 26.4. The van der Waals surface area contributed by atoms with Crippen molar-refractivity contribution in [2.45, 2.75) is 77.4 Å². The molecule has 1 aliphatic carbocycles. The van der Waals surface area contributed by atoms with Gasteiger partial charge in [0, 0.05) is 18.7 Å². The molecule has 1 aliphatic heterocycles. The van der Waals surface area contributed by atoms with Crippen molar-refractivity contribution in [2.75, 3.05) is 6.61 Å². The summed E-state index contributed by atoms with van der Waals surface area (Å²) in [6.45, 7) is 11.5. The van der Waals surface area contributed by atoms with Crippen molar-refractivity contribution >= 4 is 15.9 Å². The topological polar surface area (TPSA) is 75.7 Å². The van der Waals surface area contributed by atoms with Crippen LogP contribution in [0.25, 0.3) is 0 Å². The van der Waals surface area contributed by atoms with Crippen molar-refractivity contribution in [3.63, 3.8) is 0 Å². The highest BCUT2D eigenvalue weighted by Crippen LogP contribution is 2.44. The number of fused-ring (bicyclic) bond motifs is 2. The van der Waals surface area contributed by atoms with Gasteiger partial charge in [0.05, 0.1) is 11.5 Å². The van der Waals surface area contributed by atoms with Crippen molar-refractivity contribution in [1.82, 2.24) is 9.62 Å². The number of sulfonamides is 1. The summed E-state index contributed by atoms with van der Waals surface area (Å²) in [5.74, 6) is 0.165. The van der Waals surface area contributed by atoms with Crippen LogP contribution in [0, 0.1) is 20.8 Å². The minimum Gasteiger partial charge on any atom is -0.494 e. The summed E-state index contributed by atoms with van der Waals surface area (Å²) in [5.41, 5.74) is 7.34. The van der Waals surface area contributed by atoms with Crippen LogP contribution >= 0.6 is 0 Å². The number of carbonyl (C=O) groups is 1. The number of hydrogen-bond acceptors (Lipinski definition) is 5. The lowest BCUT2D eigenvalue weighted by atomic mass is 9.89. The first-order valence-corrected chi connectivity index (χ1v) is 14.8. The first-order chi connectivity index (χ1) is 18.0. The molecule has 200 valence electrons. The van der Waals surface area contributed by atoms with E-state index in [-0.39, 0.29) is 4.90 Å². The molecule has 1 amide bonds. The lowest BCUT2D eigenvalue weighted by Gasteiger charge is -2.35. The van der Waals surface area contributed by atoms with Gasteiger partial charge in [-0.25, -0.2) is 13.1 Å². The number of aryl methyl sites for hydroxylation is 5. The molecule has 0 radical (unpaired) electrons. The molecular weight excluding hydrogens is 496 g/mol. The number of benzene rings is 3. The third-order valence-corrected chi connectivity index (χ3v) is 9.51. The van der Waals surface area contributed by atoms with Crippen LogP contribution in [0.1, 0.15) is 64.8 Å². The Morgan fingerprint density at radius 3 is 2.45 bits per heavy atom. The van der Waals surface area contributed by atoms with Gasteiger partial charge in [-0.3, -0.25) is 9.69 Å². The van der Waals surface area contributed by atoms with E-state index in [1.165, 1.54) is 11.1 Å². The highest BCUT2D eigenvalue weighted by atomic mass is 32.2. The molecule has 1 heterocycles. The predicted octanol–water partition coefficient (Wildman–Crippen LogP) is 5.24. The summed E-state index contributed by atoms with van der Waals surface area (Å²) in [6.07, 6.45) is 2.85. The molecule has 2 aliphatic rings. The number of amides is 1. The number of carbonyl (C=O) groups excluding carboxylic acids is 1. The maximum atomic E-state index is 14.1. The fraction of sp³-hybridized carbons (Fsp3) is 0.387. The molecule has 3 aromatic rings. The fourth-order valence-electron chi connectivity index (χ4n) is 6.12. The summed E-state index contributed by atoms with van der Waals surface area (Å²) in [7, 11) is -4.06. The second kappa shape index (κ2) is 9.86. The second-order valence-electron chi connectivity index (χ2n) is 10.7. The zero-order valence-electron chi connectivity index (χ0n) is 22.8. The van der Waals surface area contributed by atoms with E-state index in [9.17, 15) is 13.2 Å². The fourth-order valence-corrected chi connectivity index (χ4v) is 7.23. The van der Waals surface area contributed by atoms with Gasteiger partial charge in [-0.05, 0) is 105 Å². The Kier molecular flexibility index (Phi) is 6.86. The van der Waals surface area contributed by atoms with Crippen LogP contribution < -0.4 is 9.46 Å². The van der Waals surface area contributed by atoms with E-state index < -0.39 is 21.5 Å². The van der Waals surface area contributed by atoms with Crippen LogP contribution in [0.15, 0.2) is 53.4 Å². The lowest BCUT2D eigenvalue weighted by molar-refractivity contribution is -0.131. The molecule has 1 unspecified atom stereocenters. The Balaban J connectivity index is 1.54. The minimum atomic E-state index is -4.06. The molecule has 7 heteroatoms. The van der Waals surface area contributed by atoms with Gasteiger partial charge in [-0.1, -0.05) is 35.9 Å². The summed E-state index contributed by atoms with van der Waals surface area (Å²) in [4.78, 5) is 16.3. The highest BCUT2D eigenvalue weighted by molar-refractivity contribution is 7.90. The highest BCUT2D eigenvalue weighted by Gasteiger charge is 2.49. The molecule has 0 bridgehead atoms. The zero-order valence-corrected chi connectivity index (χ0v) is 23.7. The quantitative estimate of drug-likeness (QED) is 0.451. The van der Waals surface area contributed by atoms with E-state index in [1.807, 2.05) is 38.1 Å². The maximum Gasteiger partial charge on any atom is 0.264 e. The molecule has 5 rings (SSSR count). The van der Waals surface area contributed by atoms with Crippen molar-refractivity contribution in [1.29, 1.82) is 0 Å². The first-order valence-electron chi connectivity index (χ1n) is 13.3. The summed E-state index contributed by atoms with van der Waals surface area (Å²) in [6, 6.07) is 15.2. The zero-order chi connectivity index (χ0) is 27.2. The molecule has 1 atom stereocenters. The Morgan fingerprint density at radius 2 is 1.74 bits per heavy atom. The van der Waals surface area contributed by atoms with Gasteiger partial charge in [0.15, 0.2) is 0 Å². The van der Waals surface area contributed by atoms with Crippen LogP contribution in [-0.4, -0.2) is 25.8 Å². The Morgan fingerprint density at radius 1 is 1.03 bits per heavy atom. The van der Waals surface area contributed by atoms with Crippen molar-refractivity contribution in [2.24, 2.45) is 0 Å². The molecular formula is C31H36N2O4S. The van der Waals surface area contributed by atoms with E-state index in [0.29, 0.717) is 19.7 Å². The van der Waals surface area contributed by atoms with Crippen LogP contribution in [0.2, 0.25) is 0 Å². The van der Waals surface area contributed by atoms with Crippen LogP contribution in [0.4, 0.5) is 0 Å². The van der Waals surface area contributed by atoms with E-state index in [0.717, 1.165) is 58.4 Å². The maximum absolute atomic E-state index is 14.1. The Labute approximate surface area is 226 Å². The van der Waals surface area contributed by atoms with E-state index >= 15 is 0 Å². The summed E-state index contributed by atoms with van der Waals surface area (Å²) < 4.78 is 35.3. The van der Waals surface area contributed by atoms with Crippen molar-refractivity contribution < 1.29 is 17.9 Å². The van der Waals surface area contributed by atoms with E-state index in [2.05, 4.69) is 42.5 Å². The largest absolute Gasteiger partial charge is 0.494 e. The third kappa shape index (κ3) is 4.52. The van der Waals surface area contributed by atoms with Crippen LogP contribution in [0.3, 0.4) is 0 Å². The molecule has 0 aromatic heterocycles. The van der Waals surface area contributed by atoms with Gasteiger partial charge >= 0.3 is 0 Å². The number of rotatable bonds is 7. The van der Waals surface area contributed by atoms with Gasteiger partial charge < -0.3 is 4.74 Å². The molecule has 0 fully saturated rings. The number of hydrogen-bond donors (Lipinski definition) is 1. The average Bonchev–Trinajstić information content (AvgIpc) is 3.44. The van der Waals surface area contributed by atoms with Gasteiger partial charge in [0.2, 0.25) is 0 Å². The van der Waals surface area contributed by atoms with Gasteiger partial charge in [0.25, 0.3) is 15.9 Å². The Bertz CT molecular complexity index is 1510. The molecule has 0 spiro atoms. The number of nitrogens with one attached hydrogen (secondary N) is 1. The number of ether oxygens (including phenoxy) is 1. The normalized spacial score (nSPS) is 18.8. The second-order valence-corrected chi connectivity index (χ2v) is 12.4. The SMILES string of the molecule is CCOc1cccc2c1CN(Cc1c(C)cc(C)cc1C)C2(C)C(=O)NS(=O)(=O)c1ccc2c(c1)CCC2. The van der Waals surface area contributed by atoms with Crippen molar-refractivity contribution in [3.05, 3.63) is 93.0 Å². The van der Waals surface area contributed by atoms with Gasteiger partial charge in [-0.2, -0.15) is 0 Å². The van der Waals surface area contributed by atoms with E-state index in [4.69, 9.17) is 4.74 Å². The summed E-state index contributed by atoms with van der Waals surface area (Å²) in [5, 5.41) is 0. The third-order valence-electron chi connectivity index (χ3n) is 8.18. The summed E-state index contributed by atoms with van der Waals surface area (Å²) >= 11 is 0. The molecule has 3 aromatic carbocycles. The standard InChI is InChI=1S/C31H36N2O4S/c1-6-37-29-12-8-11-28-27(29)19-33(18-26-21(3)15-20(2)16-22(26)4)31(28,5)30(34)32-38(35,36)25-14-13-23-9-7-10-24(23)17-25/h8,11-17H,6-7,9-10,18-19H2,1-5H3,(H,32,34). The van der Waals surface area contributed by atoms with Gasteiger partial charge in [-0.15, -0.1) is 0 Å². The molecule has 0 saturated heterocycles. The number of nitrogens with zero attached hydrogens (tertiary/aromatic N) is 1. The Hall–Kier alpha value is -3.16. The smallest absolute Gasteiger partial charge is 0.264 e. The molecule has 0 saturated carbocycles. The van der Waals surface area contributed by atoms with E-state index in [1.54, 1.807) is 12.1 Å². The molecule has 1 N–H and O–H groups in total. The average molecular weight is 533 g/mol. The predicted molar refractivity (Wildman–Crippen MR) is 149 cm³/mol. The molecule has 6 nitrogen and oxygen atoms in total. The van der Waals surface area contributed by atoms with Crippen LogP contribution in [-0.2, 0) is 46.3 Å². The molecule has 38 heavy (non-hydrogen) atoms. The monoisotopic (exact) mass is 532 g/mol. The van der Waals surface area contributed by atoms with Crippen LogP contribution in [0.5, 0.6) is 5.75 Å². The van der Waals surface area contributed by atoms with Gasteiger partial charge in [0.1, 0.15) is 11.3 Å². The lowest BCUT2D eigenvalue weighted by Crippen LogP contribution is -2.52. The van der Waals surface area contributed by atoms with Crippen molar-refractivity contribution in [3.8, 4) is 5.75 Å². The minimum absolute atomic E-state index is 0.133.